The van der Waals surface area contributed by atoms with Crippen molar-refractivity contribution < 1.29 is 19.1 Å². The molecule has 1 amide bonds. The molecule has 1 N–H and O–H groups in total. The van der Waals surface area contributed by atoms with Gasteiger partial charge in [-0.3, -0.25) is 14.4 Å². The van der Waals surface area contributed by atoms with Crippen molar-refractivity contribution in [3.63, 3.8) is 0 Å². The molecule has 5 nitrogen and oxygen atoms in total. The Balaban J connectivity index is 1.86. The van der Waals surface area contributed by atoms with Gasteiger partial charge in [-0.2, -0.15) is 0 Å². The Hall–Kier alpha value is -2.47. The van der Waals surface area contributed by atoms with Crippen LogP contribution in [-0.4, -0.2) is 30.3 Å². The van der Waals surface area contributed by atoms with E-state index in [1.54, 1.807) is 42.5 Å². The molecule has 1 atom stereocenters. The van der Waals surface area contributed by atoms with Crippen molar-refractivity contribution >= 4 is 33.6 Å². The Morgan fingerprint density at radius 1 is 1.08 bits per heavy atom. The number of aryl methyl sites for hydroxylation is 1. The molecule has 0 aliphatic heterocycles. The molecule has 0 heterocycles. The first-order valence-corrected chi connectivity index (χ1v) is 8.50. The van der Waals surface area contributed by atoms with Gasteiger partial charge in [0.2, 0.25) is 5.78 Å². The summed E-state index contributed by atoms with van der Waals surface area (Å²) in [5.41, 5.74) is 1.86. The normalized spacial score (nSPS) is 11.5. The second kappa shape index (κ2) is 8.58. The lowest BCUT2D eigenvalue weighted by atomic mass is 10.1. The highest BCUT2D eigenvalue weighted by Gasteiger charge is 2.20. The molecule has 0 saturated carbocycles. The topological polar surface area (TPSA) is 72.5 Å². The molecule has 0 aliphatic carbocycles. The Bertz CT molecular complexity index is 786. The quantitative estimate of drug-likeness (QED) is 0.593. The molecule has 0 radical (unpaired) electrons. The van der Waals surface area contributed by atoms with Gasteiger partial charge in [-0.1, -0.05) is 45.8 Å². The van der Waals surface area contributed by atoms with Gasteiger partial charge in [0.05, 0.1) is 0 Å². The predicted octanol–water partition coefficient (Wildman–Crippen LogP) is 3.30. The van der Waals surface area contributed by atoms with E-state index >= 15 is 0 Å². The van der Waals surface area contributed by atoms with Crippen LogP contribution in [0.15, 0.2) is 53.0 Å². The average molecular weight is 404 g/mol. The minimum absolute atomic E-state index is 0.300. The van der Waals surface area contributed by atoms with Crippen molar-refractivity contribution in [1.82, 2.24) is 5.32 Å². The number of amides is 1. The minimum atomic E-state index is -0.926. The molecular weight excluding hydrogens is 386 g/mol. The highest BCUT2D eigenvalue weighted by Crippen LogP contribution is 2.13. The molecule has 6 heteroatoms. The van der Waals surface area contributed by atoms with E-state index in [2.05, 4.69) is 21.2 Å². The third-order valence-corrected chi connectivity index (χ3v) is 4.01. The highest BCUT2D eigenvalue weighted by atomic mass is 79.9. The summed E-state index contributed by atoms with van der Waals surface area (Å²) < 4.78 is 5.95. The maximum absolute atomic E-state index is 12.2. The minimum Gasteiger partial charge on any atom is -0.453 e. The zero-order chi connectivity index (χ0) is 18.4. The molecule has 0 aliphatic rings. The number of nitrogens with one attached hydrogen (secondary N) is 1. The molecular formula is C19H18BrNO4. The van der Waals surface area contributed by atoms with Gasteiger partial charge in [-0.25, -0.2) is 0 Å². The lowest BCUT2D eigenvalue weighted by molar-refractivity contribution is -0.145. The summed E-state index contributed by atoms with van der Waals surface area (Å²) in [4.78, 5) is 36.0. The van der Waals surface area contributed by atoms with E-state index in [1.807, 2.05) is 13.0 Å². The molecule has 2 aromatic carbocycles. The van der Waals surface area contributed by atoms with Gasteiger partial charge in [0.1, 0.15) is 6.54 Å². The summed E-state index contributed by atoms with van der Waals surface area (Å²) in [6.45, 7) is 3.08. The summed E-state index contributed by atoms with van der Waals surface area (Å²) in [6.07, 6.45) is -0.926. The van der Waals surface area contributed by atoms with Crippen LogP contribution in [0.5, 0.6) is 0 Å². The van der Waals surface area contributed by atoms with Crippen molar-refractivity contribution in [2.24, 2.45) is 0 Å². The van der Waals surface area contributed by atoms with E-state index < -0.39 is 12.1 Å². The lowest BCUT2D eigenvalue weighted by Crippen LogP contribution is -2.34. The van der Waals surface area contributed by atoms with Gasteiger partial charge < -0.3 is 10.1 Å². The molecule has 130 valence electrons. The fourth-order valence-corrected chi connectivity index (χ4v) is 2.45. The summed E-state index contributed by atoms with van der Waals surface area (Å²) >= 11 is 3.29. The Kier molecular flexibility index (Phi) is 6.47. The van der Waals surface area contributed by atoms with Gasteiger partial charge in [0, 0.05) is 15.6 Å². The third-order valence-electron chi connectivity index (χ3n) is 3.48. The number of carbonyl (C=O) groups is 3. The van der Waals surface area contributed by atoms with Crippen LogP contribution in [-0.2, 0) is 9.53 Å². The molecule has 0 saturated heterocycles. The molecule has 0 unspecified atom stereocenters. The van der Waals surface area contributed by atoms with Crippen molar-refractivity contribution in [1.29, 1.82) is 0 Å². The van der Waals surface area contributed by atoms with Gasteiger partial charge in [-0.15, -0.1) is 0 Å². The summed E-state index contributed by atoms with van der Waals surface area (Å²) in [7, 11) is 0. The number of esters is 1. The van der Waals surface area contributed by atoms with E-state index in [-0.39, 0.29) is 18.2 Å². The first-order valence-electron chi connectivity index (χ1n) is 7.71. The van der Waals surface area contributed by atoms with Crippen molar-refractivity contribution in [2.45, 2.75) is 20.0 Å². The summed E-state index contributed by atoms with van der Waals surface area (Å²) in [5, 5.41) is 2.49. The second-order valence-electron chi connectivity index (χ2n) is 5.56. The smallest absolute Gasteiger partial charge is 0.326 e. The largest absolute Gasteiger partial charge is 0.453 e. The molecule has 2 rings (SSSR count). The first-order chi connectivity index (χ1) is 11.9. The number of hydrogen-bond acceptors (Lipinski definition) is 4. The zero-order valence-electron chi connectivity index (χ0n) is 13.9. The average Bonchev–Trinajstić information content (AvgIpc) is 2.59. The second-order valence-corrected chi connectivity index (χ2v) is 6.47. The first kappa shape index (κ1) is 18.9. The van der Waals surface area contributed by atoms with E-state index in [0.29, 0.717) is 11.1 Å². The van der Waals surface area contributed by atoms with Crippen LogP contribution in [0.4, 0.5) is 0 Å². The SMILES string of the molecule is Cc1cccc(C(=O)NCC(=O)O[C@@H](C)C(=O)c2ccc(Br)cc2)c1. The van der Waals surface area contributed by atoms with Gasteiger partial charge in [0.15, 0.2) is 6.10 Å². The van der Waals surface area contributed by atoms with Crippen LogP contribution in [0.25, 0.3) is 0 Å². The number of ether oxygens (including phenoxy) is 1. The highest BCUT2D eigenvalue weighted by molar-refractivity contribution is 9.10. The number of carbonyl (C=O) groups excluding carboxylic acids is 3. The van der Waals surface area contributed by atoms with Crippen molar-refractivity contribution in [3.05, 3.63) is 69.7 Å². The zero-order valence-corrected chi connectivity index (χ0v) is 15.5. The molecule has 0 bridgehead atoms. The van der Waals surface area contributed by atoms with Gasteiger partial charge in [-0.05, 0) is 38.1 Å². The number of ketones is 1. The van der Waals surface area contributed by atoms with E-state index in [1.165, 1.54) is 6.92 Å². The monoisotopic (exact) mass is 403 g/mol. The maximum atomic E-state index is 12.2. The van der Waals surface area contributed by atoms with Crippen molar-refractivity contribution in [2.75, 3.05) is 6.54 Å². The van der Waals surface area contributed by atoms with E-state index in [0.717, 1.165) is 10.0 Å². The molecule has 0 fully saturated rings. The molecule has 0 spiro atoms. The van der Waals surface area contributed by atoms with Crippen molar-refractivity contribution in [3.8, 4) is 0 Å². The van der Waals surface area contributed by atoms with Gasteiger partial charge >= 0.3 is 5.97 Å². The van der Waals surface area contributed by atoms with Crippen LogP contribution in [0, 0.1) is 6.92 Å². The number of hydrogen-bond donors (Lipinski definition) is 1. The fourth-order valence-electron chi connectivity index (χ4n) is 2.18. The lowest BCUT2D eigenvalue weighted by Gasteiger charge is -2.13. The maximum Gasteiger partial charge on any atom is 0.326 e. The number of Topliss-reactive ketones (excluding diaryl/α,β-unsaturated/α-hetero) is 1. The number of benzene rings is 2. The van der Waals surface area contributed by atoms with E-state index in [4.69, 9.17) is 4.74 Å². The molecule has 0 aromatic heterocycles. The molecule has 25 heavy (non-hydrogen) atoms. The predicted molar refractivity (Wildman–Crippen MR) is 97.5 cm³/mol. The Morgan fingerprint density at radius 3 is 2.40 bits per heavy atom. The van der Waals surface area contributed by atoms with E-state index in [9.17, 15) is 14.4 Å². The number of rotatable bonds is 6. The molecule has 2 aromatic rings. The fraction of sp³-hybridized carbons (Fsp3) is 0.211. The van der Waals surface area contributed by atoms with Gasteiger partial charge in [0.25, 0.3) is 5.91 Å². The van der Waals surface area contributed by atoms with Crippen LogP contribution in [0.2, 0.25) is 0 Å². The number of halogens is 1. The third kappa shape index (κ3) is 5.53. The van der Waals surface area contributed by atoms with Crippen LogP contribution in [0.3, 0.4) is 0 Å². The van der Waals surface area contributed by atoms with Crippen LogP contribution >= 0.6 is 15.9 Å². The van der Waals surface area contributed by atoms with Crippen LogP contribution in [0.1, 0.15) is 33.2 Å². The standard InChI is InChI=1S/C19H18BrNO4/c1-12-4-3-5-15(10-12)19(24)21-11-17(22)25-13(2)18(23)14-6-8-16(20)9-7-14/h3-10,13H,11H2,1-2H3,(H,21,24)/t13-/m0/s1. The Labute approximate surface area is 154 Å². The Morgan fingerprint density at radius 2 is 1.76 bits per heavy atom. The summed E-state index contributed by atoms with van der Waals surface area (Å²) in [5.74, 6) is -1.34. The van der Waals surface area contributed by atoms with Crippen LogP contribution < -0.4 is 5.32 Å². The summed E-state index contributed by atoms with van der Waals surface area (Å²) in [6, 6.07) is 13.8.